The summed E-state index contributed by atoms with van der Waals surface area (Å²) in [6.45, 7) is 4.83. The molecule has 0 aromatic heterocycles. The Labute approximate surface area is 82.1 Å². The fourth-order valence-electron chi connectivity index (χ4n) is 0.934. The van der Waals surface area contributed by atoms with E-state index in [-0.39, 0.29) is 12.0 Å². The molecular weight excluding hydrogens is 188 g/mol. The Morgan fingerprint density at radius 1 is 1.85 bits per heavy atom. The number of ether oxygens (including phenoxy) is 1. The molecule has 0 amide bonds. The van der Waals surface area contributed by atoms with Gasteiger partial charge < -0.3 is 10.1 Å². The number of carbonyl (C=O) groups is 1. The van der Waals surface area contributed by atoms with Crippen molar-refractivity contribution in [3.8, 4) is 0 Å². The van der Waals surface area contributed by atoms with Gasteiger partial charge in [0.15, 0.2) is 5.17 Å². The van der Waals surface area contributed by atoms with Gasteiger partial charge >= 0.3 is 5.97 Å². The minimum absolute atomic E-state index is 0.224. The molecule has 0 saturated heterocycles. The molecule has 1 N–H and O–H groups in total. The number of nitrogens with zero attached hydrogens (tertiary/aromatic N) is 1. The number of esters is 1. The molecule has 74 valence electrons. The number of carbonyl (C=O) groups excluding carboxylic acids is 1. The Morgan fingerprint density at radius 3 is 3.15 bits per heavy atom. The van der Waals surface area contributed by atoms with E-state index in [2.05, 4.69) is 10.3 Å². The van der Waals surface area contributed by atoms with Crippen LogP contribution in [0.2, 0.25) is 0 Å². The summed E-state index contributed by atoms with van der Waals surface area (Å²) in [5, 5.41) is 3.85. The van der Waals surface area contributed by atoms with Gasteiger partial charge in [-0.1, -0.05) is 11.8 Å². The molecule has 0 aliphatic carbocycles. The van der Waals surface area contributed by atoms with Gasteiger partial charge in [-0.3, -0.25) is 4.99 Å². The maximum absolute atomic E-state index is 11.2. The van der Waals surface area contributed by atoms with Gasteiger partial charge in [-0.05, 0) is 13.8 Å². The highest BCUT2D eigenvalue weighted by molar-refractivity contribution is 8.14. The lowest BCUT2D eigenvalue weighted by atomic mass is 10.3. The first-order valence-corrected chi connectivity index (χ1v) is 5.33. The van der Waals surface area contributed by atoms with Crippen molar-refractivity contribution < 1.29 is 9.53 Å². The molecule has 0 spiro atoms. The fourth-order valence-corrected chi connectivity index (χ4v) is 1.75. The van der Waals surface area contributed by atoms with Crippen molar-refractivity contribution in [2.24, 2.45) is 4.99 Å². The van der Waals surface area contributed by atoms with Crippen molar-refractivity contribution in [1.82, 2.24) is 5.32 Å². The number of hydrogen-bond donors (Lipinski definition) is 1. The molecule has 0 fully saturated rings. The number of hydrogen-bond acceptors (Lipinski definition) is 5. The van der Waals surface area contributed by atoms with Crippen LogP contribution in [0.15, 0.2) is 4.99 Å². The second kappa shape index (κ2) is 5.11. The van der Waals surface area contributed by atoms with Gasteiger partial charge in [0.1, 0.15) is 6.04 Å². The standard InChI is InChI=1S/C8H14N2O2S/c1-3-12-7(11)6(2)10-8-9-4-5-13-8/h6H,3-5H2,1-2H3,(H,9,10). The largest absolute Gasteiger partial charge is 0.464 e. The van der Waals surface area contributed by atoms with E-state index in [4.69, 9.17) is 4.74 Å². The van der Waals surface area contributed by atoms with Crippen LogP contribution in [-0.2, 0) is 9.53 Å². The van der Waals surface area contributed by atoms with Crippen LogP contribution >= 0.6 is 11.8 Å². The van der Waals surface area contributed by atoms with Crippen LogP contribution in [0.1, 0.15) is 13.8 Å². The summed E-state index contributed by atoms with van der Waals surface area (Å²) in [5.74, 6) is 0.774. The summed E-state index contributed by atoms with van der Waals surface area (Å²) in [6.07, 6.45) is 0. The third-order valence-electron chi connectivity index (χ3n) is 1.57. The van der Waals surface area contributed by atoms with Crippen LogP contribution in [0.3, 0.4) is 0 Å². The van der Waals surface area contributed by atoms with E-state index in [9.17, 15) is 4.79 Å². The molecule has 0 radical (unpaired) electrons. The molecule has 1 atom stereocenters. The third kappa shape index (κ3) is 3.26. The second-order valence-corrected chi connectivity index (χ2v) is 3.74. The molecule has 1 aliphatic heterocycles. The number of rotatable bonds is 3. The van der Waals surface area contributed by atoms with Crippen molar-refractivity contribution in [2.45, 2.75) is 19.9 Å². The molecule has 0 bridgehead atoms. The zero-order chi connectivity index (χ0) is 9.68. The van der Waals surface area contributed by atoms with E-state index in [0.29, 0.717) is 6.61 Å². The van der Waals surface area contributed by atoms with Crippen LogP contribution in [0.4, 0.5) is 0 Å². The van der Waals surface area contributed by atoms with E-state index in [1.807, 2.05) is 0 Å². The summed E-state index contributed by atoms with van der Waals surface area (Å²) >= 11 is 1.64. The number of nitrogens with one attached hydrogen (secondary N) is 1. The molecule has 1 unspecified atom stereocenters. The lowest BCUT2D eigenvalue weighted by molar-refractivity contribution is -0.144. The zero-order valence-corrected chi connectivity index (χ0v) is 8.69. The molecule has 0 aromatic rings. The minimum atomic E-state index is -0.302. The summed E-state index contributed by atoms with van der Waals surface area (Å²) in [4.78, 5) is 15.4. The molecule has 1 aliphatic rings. The molecular formula is C8H14N2O2S. The highest BCUT2D eigenvalue weighted by atomic mass is 32.2. The van der Waals surface area contributed by atoms with E-state index in [1.165, 1.54) is 0 Å². The number of thioether (sulfide) groups is 1. The highest BCUT2D eigenvalue weighted by Gasteiger charge is 2.16. The first kappa shape index (κ1) is 10.4. The van der Waals surface area contributed by atoms with Crippen LogP contribution in [0, 0.1) is 0 Å². The second-order valence-electron chi connectivity index (χ2n) is 2.65. The van der Waals surface area contributed by atoms with Crippen molar-refractivity contribution in [3.05, 3.63) is 0 Å². The van der Waals surface area contributed by atoms with Gasteiger partial charge in [0.05, 0.1) is 13.2 Å². The molecule has 4 nitrogen and oxygen atoms in total. The van der Waals surface area contributed by atoms with Gasteiger partial charge in [-0.2, -0.15) is 0 Å². The summed E-state index contributed by atoms with van der Waals surface area (Å²) in [7, 11) is 0. The Balaban J connectivity index is 2.31. The van der Waals surface area contributed by atoms with Crippen LogP contribution in [0.25, 0.3) is 0 Å². The Morgan fingerprint density at radius 2 is 2.62 bits per heavy atom. The van der Waals surface area contributed by atoms with Crippen molar-refractivity contribution in [2.75, 3.05) is 18.9 Å². The summed E-state index contributed by atoms with van der Waals surface area (Å²) in [6, 6.07) is -0.302. The molecule has 0 aromatic carbocycles. The summed E-state index contributed by atoms with van der Waals surface area (Å²) in [5.41, 5.74) is 0. The van der Waals surface area contributed by atoms with E-state index < -0.39 is 0 Å². The number of aliphatic imine (C=N–C) groups is 1. The van der Waals surface area contributed by atoms with Gasteiger partial charge in [-0.15, -0.1) is 0 Å². The normalized spacial score (nSPS) is 17.8. The van der Waals surface area contributed by atoms with Crippen molar-refractivity contribution in [1.29, 1.82) is 0 Å². The SMILES string of the molecule is CCOC(=O)C(C)NC1=NCCS1. The topological polar surface area (TPSA) is 50.7 Å². The maximum Gasteiger partial charge on any atom is 0.328 e. The van der Waals surface area contributed by atoms with E-state index in [0.717, 1.165) is 17.5 Å². The quantitative estimate of drug-likeness (QED) is 0.682. The average molecular weight is 202 g/mol. The molecule has 5 heteroatoms. The third-order valence-corrected chi connectivity index (χ3v) is 2.47. The van der Waals surface area contributed by atoms with Gasteiger partial charge in [0.25, 0.3) is 0 Å². The first-order valence-electron chi connectivity index (χ1n) is 4.34. The van der Waals surface area contributed by atoms with Gasteiger partial charge in [0, 0.05) is 5.75 Å². The fraction of sp³-hybridized carbons (Fsp3) is 0.750. The highest BCUT2D eigenvalue weighted by Crippen LogP contribution is 2.09. The maximum atomic E-state index is 11.2. The van der Waals surface area contributed by atoms with E-state index in [1.54, 1.807) is 25.6 Å². The molecule has 1 rings (SSSR count). The predicted octanol–water partition coefficient (Wildman–Crippen LogP) is 0.630. The molecule has 13 heavy (non-hydrogen) atoms. The Bertz CT molecular complexity index is 218. The monoisotopic (exact) mass is 202 g/mol. The van der Waals surface area contributed by atoms with Crippen LogP contribution in [-0.4, -0.2) is 36.1 Å². The van der Waals surface area contributed by atoms with Crippen molar-refractivity contribution >= 4 is 22.9 Å². The van der Waals surface area contributed by atoms with Crippen LogP contribution < -0.4 is 5.32 Å². The average Bonchev–Trinajstić information content (AvgIpc) is 2.57. The molecule has 0 saturated carbocycles. The predicted molar refractivity (Wildman–Crippen MR) is 54.0 cm³/mol. The Kier molecular flexibility index (Phi) is 4.08. The number of amidine groups is 1. The lowest BCUT2D eigenvalue weighted by Gasteiger charge is -2.12. The summed E-state index contributed by atoms with van der Waals surface area (Å²) < 4.78 is 4.85. The zero-order valence-electron chi connectivity index (χ0n) is 7.87. The first-order chi connectivity index (χ1) is 6.24. The smallest absolute Gasteiger partial charge is 0.328 e. The molecule has 1 heterocycles. The van der Waals surface area contributed by atoms with Crippen LogP contribution in [0.5, 0.6) is 0 Å². The van der Waals surface area contributed by atoms with Crippen molar-refractivity contribution in [3.63, 3.8) is 0 Å². The Hall–Kier alpha value is -0.710. The lowest BCUT2D eigenvalue weighted by Crippen LogP contribution is -2.37. The minimum Gasteiger partial charge on any atom is -0.464 e. The van der Waals surface area contributed by atoms with Gasteiger partial charge in [0.2, 0.25) is 0 Å². The van der Waals surface area contributed by atoms with Gasteiger partial charge in [-0.25, -0.2) is 4.79 Å². The van der Waals surface area contributed by atoms with E-state index >= 15 is 0 Å².